The normalized spacial score (nSPS) is 9.80. The molecule has 0 saturated carbocycles. The Morgan fingerprint density at radius 1 is 1.40 bits per heavy atom. The van der Waals surface area contributed by atoms with Gasteiger partial charge in [0, 0.05) is 18.1 Å². The third-order valence-corrected chi connectivity index (χ3v) is 3.25. The predicted octanol–water partition coefficient (Wildman–Crippen LogP) is 2.13. The van der Waals surface area contributed by atoms with Crippen LogP contribution in [0.2, 0.25) is 0 Å². The van der Waals surface area contributed by atoms with Gasteiger partial charge in [-0.2, -0.15) is 11.8 Å². The maximum Gasteiger partial charge on any atom is 0.339 e. The zero-order valence-corrected chi connectivity index (χ0v) is 11.6. The van der Waals surface area contributed by atoms with E-state index < -0.39 is 17.7 Å². The van der Waals surface area contributed by atoms with Crippen molar-refractivity contribution in [3.63, 3.8) is 0 Å². The number of carboxylic acid groups (broad SMARTS) is 1. The van der Waals surface area contributed by atoms with Crippen molar-refractivity contribution in [2.45, 2.75) is 0 Å². The summed E-state index contributed by atoms with van der Waals surface area (Å²) in [7, 11) is 0. The van der Waals surface area contributed by atoms with Crippen LogP contribution in [0.5, 0.6) is 5.75 Å². The van der Waals surface area contributed by atoms with E-state index in [9.17, 15) is 14.7 Å². The Morgan fingerprint density at radius 2 is 2.15 bits per heavy atom. The van der Waals surface area contributed by atoms with E-state index in [0.29, 0.717) is 6.54 Å². The highest BCUT2D eigenvalue weighted by Crippen LogP contribution is 2.27. The number of hydrogen-bond donors (Lipinski definition) is 4. The number of carbonyl (C=O) groups excluding carboxylic acids is 1. The van der Waals surface area contributed by atoms with E-state index in [4.69, 9.17) is 5.11 Å². The third kappa shape index (κ3) is 4.85. The van der Waals surface area contributed by atoms with Crippen LogP contribution in [0.3, 0.4) is 0 Å². The summed E-state index contributed by atoms with van der Waals surface area (Å²) in [6, 6.07) is 3.63. The van der Waals surface area contributed by atoms with Crippen molar-refractivity contribution >= 4 is 29.4 Å². The summed E-state index contributed by atoms with van der Waals surface area (Å²) in [5.41, 5.74) is -0.203. The molecule has 7 heteroatoms. The van der Waals surface area contributed by atoms with Gasteiger partial charge in [0.1, 0.15) is 5.56 Å². The maximum absolute atomic E-state index is 11.6. The molecule has 0 aromatic heterocycles. The number of para-hydroxylation sites is 1. The Hall–Kier alpha value is -2.15. The first kappa shape index (κ1) is 15.9. The number of nitrogens with one attached hydrogen (secondary N) is 2. The Labute approximate surface area is 120 Å². The highest BCUT2D eigenvalue weighted by Gasteiger charge is 2.14. The number of aromatic hydroxyl groups is 1. The molecule has 1 aromatic carbocycles. The van der Waals surface area contributed by atoms with Crippen molar-refractivity contribution in [1.82, 2.24) is 5.32 Å². The highest BCUT2D eigenvalue weighted by atomic mass is 32.2. The minimum Gasteiger partial charge on any atom is -0.505 e. The molecule has 0 fully saturated rings. The number of carboxylic acids is 1. The van der Waals surface area contributed by atoms with Gasteiger partial charge in [0.2, 0.25) is 0 Å². The number of hydrogen-bond acceptors (Lipinski definition) is 4. The van der Waals surface area contributed by atoms with Gasteiger partial charge >= 0.3 is 12.0 Å². The van der Waals surface area contributed by atoms with Gasteiger partial charge in [-0.25, -0.2) is 9.59 Å². The molecule has 0 aliphatic heterocycles. The largest absolute Gasteiger partial charge is 0.505 e. The number of carbonyl (C=O) groups is 2. The lowest BCUT2D eigenvalue weighted by atomic mass is 10.2. The molecular weight excluding hydrogens is 280 g/mol. The van der Waals surface area contributed by atoms with Crippen molar-refractivity contribution < 1.29 is 19.8 Å². The average molecular weight is 296 g/mol. The van der Waals surface area contributed by atoms with E-state index in [1.165, 1.54) is 18.2 Å². The number of amides is 2. The van der Waals surface area contributed by atoms with E-state index in [0.717, 1.165) is 11.5 Å². The standard InChI is InChI=1S/C13H16N2O4S/c1-2-7-20-8-6-14-13(19)15-10-5-3-4-9(11(10)16)12(17)18/h2-5,16H,1,6-8H2,(H,17,18)(H2,14,15,19). The van der Waals surface area contributed by atoms with Gasteiger partial charge in [0.25, 0.3) is 0 Å². The summed E-state index contributed by atoms with van der Waals surface area (Å²) < 4.78 is 0. The lowest BCUT2D eigenvalue weighted by molar-refractivity contribution is 0.0693. The van der Waals surface area contributed by atoms with Gasteiger partial charge in [-0.3, -0.25) is 0 Å². The number of phenols is 1. The average Bonchev–Trinajstić information content (AvgIpc) is 2.40. The van der Waals surface area contributed by atoms with E-state index >= 15 is 0 Å². The van der Waals surface area contributed by atoms with Gasteiger partial charge in [-0.05, 0) is 12.1 Å². The summed E-state index contributed by atoms with van der Waals surface area (Å²) in [5.74, 6) is -0.172. The van der Waals surface area contributed by atoms with Crippen molar-refractivity contribution in [1.29, 1.82) is 0 Å². The van der Waals surface area contributed by atoms with Crippen molar-refractivity contribution in [3.05, 3.63) is 36.4 Å². The summed E-state index contributed by atoms with van der Waals surface area (Å²) in [6.07, 6.45) is 1.78. The van der Waals surface area contributed by atoms with E-state index in [-0.39, 0.29) is 11.3 Å². The van der Waals surface area contributed by atoms with Crippen molar-refractivity contribution in [2.24, 2.45) is 0 Å². The van der Waals surface area contributed by atoms with Crippen LogP contribution in [0.1, 0.15) is 10.4 Å². The van der Waals surface area contributed by atoms with Crippen molar-refractivity contribution in [3.8, 4) is 5.75 Å². The zero-order chi connectivity index (χ0) is 15.0. The molecule has 0 aliphatic carbocycles. The molecule has 2 amide bonds. The first-order valence-corrected chi connectivity index (χ1v) is 7.00. The third-order valence-electron chi connectivity index (χ3n) is 2.28. The molecule has 0 bridgehead atoms. The van der Waals surface area contributed by atoms with Crippen LogP contribution >= 0.6 is 11.8 Å². The Morgan fingerprint density at radius 3 is 2.80 bits per heavy atom. The van der Waals surface area contributed by atoms with Gasteiger partial charge < -0.3 is 20.8 Å². The molecular formula is C13H16N2O4S. The lowest BCUT2D eigenvalue weighted by Crippen LogP contribution is -2.30. The van der Waals surface area contributed by atoms with Crippen LogP contribution in [-0.2, 0) is 0 Å². The highest BCUT2D eigenvalue weighted by molar-refractivity contribution is 7.99. The molecule has 1 aromatic rings. The molecule has 0 aliphatic rings. The zero-order valence-electron chi connectivity index (χ0n) is 10.8. The molecule has 0 heterocycles. The van der Waals surface area contributed by atoms with E-state index in [1.807, 2.05) is 0 Å². The molecule has 0 radical (unpaired) electrons. The molecule has 0 atom stereocenters. The minimum absolute atomic E-state index is 0.0566. The Bertz CT molecular complexity index is 505. The van der Waals surface area contributed by atoms with Crippen molar-refractivity contribution in [2.75, 3.05) is 23.4 Å². The Kier molecular flexibility index (Phi) is 6.45. The molecule has 0 saturated heterocycles. The summed E-state index contributed by atoms with van der Waals surface area (Å²) in [5, 5.41) is 23.6. The summed E-state index contributed by atoms with van der Waals surface area (Å²) in [6.45, 7) is 4.05. The van der Waals surface area contributed by atoms with Crippen LogP contribution in [0.25, 0.3) is 0 Å². The fraction of sp³-hybridized carbons (Fsp3) is 0.231. The second-order valence-electron chi connectivity index (χ2n) is 3.75. The van der Waals surface area contributed by atoms with Crippen LogP contribution in [0.15, 0.2) is 30.9 Å². The van der Waals surface area contributed by atoms with Gasteiger partial charge in [-0.15, -0.1) is 6.58 Å². The maximum atomic E-state index is 11.6. The van der Waals surface area contributed by atoms with E-state index in [2.05, 4.69) is 17.2 Å². The fourth-order valence-corrected chi connectivity index (χ4v) is 1.97. The first-order valence-electron chi connectivity index (χ1n) is 5.85. The van der Waals surface area contributed by atoms with Crippen LogP contribution < -0.4 is 10.6 Å². The number of anilines is 1. The molecule has 20 heavy (non-hydrogen) atoms. The number of thioether (sulfide) groups is 1. The molecule has 108 valence electrons. The van der Waals surface area contributed by atoms with Gasteiger partial charge in [0.15, 0.2) is 5.75 Å². The summed E-state index contributed by atoms with van der Waals surface area (Å²) >= 11 is 1.62. The molecule has 4 N–H and O–H groups in total. The van der Waals surface area contributed by atoms with Crippen LogP contribution in [0.4, 0.5) is 10.5 Å². The lowest BCUT2D eigenvalue weighted by Gasteiger charge is -2.10. The van der Waals surface area contributed by atoms with Crippen LogP contribution in [-0.4, -0.2) is 40.3 Å². The molecule has 0 spiro atoms. The Balaban J connectivity index is 2.52. The smallest absolute Gasteiger partial charge is 0.339 e. The fourth-order valence-electron chi connectivity index (χ4n) is 1.39. The molecule has 0 unspecified atom stereocenters. The second-order valence-corrected chi connectivity index (χ2v) is 4.90. The topological polar surface area (TPSA) is 98.7 Å². The van der Waals surface area contributed by atoms with Crippen LogP contribution in [0, 0.1) is 0 Å². The van der Waals surface area contributed by atoms with Gasteiger partial charge in [0.05, 0.1) is 5.69 Å². The predicted molar refractivity (Wildman–Crippen MR) is 79.6 cm³/mol. The second kappa shape index (κ2) is 8.11. The minimum atomic E-state index is -1.26. The molecule has 6 nitrogen and oxygen atoms in total. The first-order chi connectivity index (χ1) is 9.56. The monoisotopic (exact) mass is 296 g/mol. The number of aromatic carboxylic acids is 1. The summed E-state index contributed by atoms with van der Waals surface area (Å²) in [4.78, 5) is 22.4. The number of rotatable bonds is 7. The quantitative estimate of drug-likeness (QED) is 0.351. The van der Waals surface area contributed by atoms with Gasteiger partial charge in [-0.1, -0.05) is 12.1 Å². The van der Waals surface area contributed by atoms with E-state index in [1.54, 1.807) is 17.8 Å². The number of urea groups is 1. The molecule has 1 rings (SSSR count). The SMILES string of the molecule is C=CCSCCNC(=O)Nc1cccc(C(=O)O)c1O. The number of benzene rings is 1.